The zero-order valence-electron chi connectivity index (χ0n) is 14.5. The van der Waals surface area contributed by atoms with Gasteiger partial charge in [-0.2, -0.15) is 0 Å². The van der Waals surface area contributed by atoms with E-state index in [0.29, 0.717) is 18.5 Å². The van der Waals surface area contributed by atoms with Gasteiger partial charge in [-0.3, -0.25) is 4.79 Å². The number of esters is 1. The molecule has 2 aromatic rings. The van der Waals surface area contributed by atoms with Crippen molar-refractivity contribution in [3.63, 3.8) is 0 Å². The molecule has 0 saturated heterocycles. The number of carbonyl (C=O) groups excluding carboxylic acids is 2. The lowest BCUT2D eigenvalue weighted by atomic mass is 10.1. The Morgan fingerprint density at radius 1 is 1.20 bits per heavy atom. The van der Waals surface area contributed by atoms with Crippen molar-refractivity contribution in [1.82, 2.24) is 0 Å². The summed E-state index contributed by atoms with van der Waals surface area (Å²) >= 11 is 0. The Bertz CT molecular complexity index is 788. The number of nitrogens with one attached hydrogen (secondary N) is 1. The summed E-state index contributed by atoms with van der Waals surface area (Å²) in [5.74, 6) is -0.267. The van der Waals surface area contributed by atoms with Crippen LogP contribution in [0.25, 0.3) is 0 Å². The lowest BCUT2D eigenvalue weighted by Crippen LogP contribution is -2.36. The Morgan fingerprint density at radius 2 is 2.00 bits per heavy atom. The molecule has 5 heteroatoms. The van der Waals surface area contributed by atoms with Gasteiger partial charge in [0.25, 0.3) is 0 Å². The van der Waals surface area contributed by atoms with E-state index in [-0.39, 0.29) is 17.9 Å². The topological polar surface area (TPSA) is 58.6 Å². The molecule has 1 unspecified atom stereocenters. The number of fused-ring (bicyclic) bond motifs is 1. The highest BCUT2D eigenvalue weighted by Crippen LogP contribution is 2.32. The molecule has 25 heavy (non-hydrogen) atoms. The summed E-state index contributed by atoms with van der Waals surface area (Å²) < 4.78 is 4.72. The second-order valence-electron chi connectivity index (χ2n) is 6.19. The van der Waals surface area contributed by atoms with Crippen LogP contribution in [-0.2, 0) is 16.0 Å². The number of hydrogen-bond acceptors (Lipinski definition) is 4. The number of anilines is 2. The first kappa shape index (κ1) is 17.0. The molecule has 130 valence electrons. The van der Waals surface area contributed by atoms with Crippen LogP contribution in [-0.4, -0.2) is 31.6 Å². The van der Waals surface area contributed by atoms with Crippen LogP contribution < -0.4 is 10.2 Å². The highest BCUT2D eigenvalue weighted by atomic mass is 16.5. The van der Waals surface area contributed by atoms with E-state index in [0.717, 1.165) is 17.8 Å². The molecule has 1 N–H and O–H groups in total. The molecule has 3 rings (SSSR count). The van der Waals surface area contributed by atoms with E-state index in [9.17, 15) is 9.59 Å². The number of amides is 1. The Hall–Kier alpha value is -2.82. The Morgan fingerprint density at radius 3 is 2.80 bits per heavy atom. The van der Waals surface area contributed by atoms with Gasteiger partial charge in [-0.1, -0.05) is 24.3 Å². The Balaban J connectivity index is 1.59. The number of nitrogens with zero attached hydrogens (tertiary/aromatic N) is 1. The first-order chi connectivity index (χ1) is 12.1. The molecule has 5 nitrogen and oxygen atoms in total. The normalized spacial score (nSPS) is 15.6. The molecule has 1 heterocycles. The summed E-state index contributed by atoms with van der Waals surface area (Å²) in [6.07, 6.45) is 1.29. The van der Waals surface area contributed by atoms with Crippen LogP contribution in [0.2, 0.25) is 0 Å². The number of carbonyl (C=O) groups is 2. The van der Waals surface area contributed by atoms with Crippen LogP contribution in [0.15, 0.2) is 48.5 Å². The number of para-hydroxylation sites is 1. The van der Waals surface area contributed by atoms with Gasteiger partial charge in [-0.25, -0.2) is 4.79 Å². The quantitative estimate of drug-likeness (QED) is 0.850. The van der Waals surface area contributed by atoms with Gasteiger partial charge in [-0.05, 0) is 43.2 Å². The van der Waals surface area contributed by atoms with Crippen molar-refractivity contribution in [2.45, 2.75) is 25.8 Å². The van der Waals surface area contributed by atoms with E-state index in [1.54, 1.807) is 18.2 Å². The van der Waals surface area contributed by atoms with E-state index in [2.05, 4.69) is 18.3 Å². The van der Waals surface area contributed by atoms with Gasteiger partial charge in [0, 0.05) is 30.4 Å². The van der Waals surface area contributed by atoms with Crippen LogP contribution >= 0.6 is 0 Å². The Labute approximate surface area is 147 Å². The maximum atomic E-state index is 12.6. The van der Waals surface area contributed by atoms with Crippen molar-refractivity contribution in [1.29, 1.82) is 0 Å². The summed E-state index contributed by atoms with van der Waals surface area (Å²) in [5, 5.41) is 3.20. The van der Waals surface area contributed by atoms with Crippen LogP contribution in [0.5, 0.6) is 0 Å². The van der Waals surface area contributed by atoms with Crippen molar-refractivity contribution < 1.29 is 14.3 Å². The molecule has 1 aliphatic heterocycles. The molecule has 0 saturated carbocycles. The molecular formula is C20H22N2O3. The summed E-state index contributed by atoms with van der Waals surface area (Å²) in [7, 11) is 1.36. The maximum absolute atomic E-state index is 12.6. The number of methoxy groups -OCH3 is 1. The summed E-state index contributed by atoms with van der Waals surface area (Å²) in [4.78, 5) is 26.1. The monoisotopic (exact) mass is 338 g/mol. The lowest BCUT2D eigenvalue weighted by Gasteiger charge is -2.23. The third kappa shape index (κ3) is 3.65. The standard InChI is InChI=1S/C20H22N2O3/c1-14-12-15-6-3-4-9-18(15)22(14)19(23)10-11-21-17-8-5-7-16(13-17)20(24)25-2/h3-9,13-14,21H,10-12H2,1-2H3. The molecule has 0 aliphatic carbocycles. The number of ether oxygens (including phenoxy) is 1. The predicted octanol–water partition coefficient (Wildman–Crippen LogP) is 3.25. The fourth-order valence-electron chi connectivity index (χ4n) is 3.25. The van der Waals surface area contributed by atoms with E-state index in [4.69, 9.17) is 4.74 Å². The van der Waals surface area contributed by atoms with Gasteiger partial charge in [0.1, 0.15) is 0 Å². The molecule has 2 aromatic carbocycles. The first-order valence-electron chi connectivity index (χ1n) is 8.42. The van der Waals surface area contributed by atoms with Gasteiger partial charge in [0.15, 0.2) is 0 Å². The van der Waals surface area contributed by atoms with Crippen LogP contribution in [0.3, 0.4) is 0 Å². The van der Waals surface area contributed by atoms with E-state index < -0.39 is 0 Å². The van der Waals surface area contributed by atoms with Crippen molar-refractivity contribution in [2.24, 2.45) is 0 Å². The van der Waals surface area contributed by atoms with Crippen molar-refractivity contribution in [2.75, 3.05) is 23.9 Å². The highest BCUT2D eigenvalue weighted by Gasteiger charge is 2.29. The third-order valence-electron chi connectivity index (χ3n) is 4.43. The molecule has 1 aliphatic rings. The smallest absolute Gasteiger partial charge is 0.337 e. The minimum absolute atomic E-state index is 0.106. The van der Waals surface area contributed by atoms with Gasteiger partial charge in [-0.15, -0.1) is 0 Å². The molecular weight excluding hydrogens is 316 g/mol. The van der Waals surface area contributed by atoms with Crippen LogP contribution in [0, 0.1) is 0 Å². The summed E-state index contributed by atoms with van der Waals surface area (Å²) in [5.41, 5.74) is 3.53. The first-order valence-corrected chi connectivity index (χ1v) is 8.42. The highest BCUT2D eigenvalue weighted by molar-refractivity contribution is 5.96. The lowest BCUT2D eigenvalue weighted by molar-refractivity contribution is -0.118. The molecule has 0 fully saturated rings. The average Bonchev–Trinajstić information content (AvgIpc) is 2.97. The minimum Gasteiger partial charge on any atom is -0.465 e. The number of hydrogen-bond donors (Lipinski definition) is 1. The average molecular weight is 338 g/mol. The zero-order chi connectivity index (χ0) is 17.8. The summed E-state index contributed by atoms with van der Waals surface area (Å²) in [6, 6.07) is 15.3. The van der Waals surface area contributed by atoms with Gasteiger partial charge in [0.05, 0.1) is 12.7 Å². The van der Waals surface area contributed by atoms with Crippen LogP contribution in [0.1, 0.15) is 29.3 Å². The fraction of sp³-hybridized carbons (Fsp3) is 0.300. The van der Waals surface area contributed by atoms with E-state index in [1.807, 2.05) is 29.2 Å². The Kier molecular flexibility index (Phi) is 5.03. The predicted molar refractivity (Wildman–Crippen MR) is 98.0 cm³/mol. The number of benzene rings is 2. The van der Waals surface area contributed by atoms with Gasteiger partial charge in [0.2, 0.25) is 5.91 Å². The van der Waals surface area contributed by atoms with E-state index >= 15 is 0 Å². The van der Waals surface area contributed by atoms with Crippen LogP contribution in [0.4, 0.5) is 11.4 Å². The second kappa shape index (κ2) is 7.38. The fourth-order valence-corrected chi connectivity index (χ4v) is 3.25. The molecule has 0 bridgehead atoms. The van der Waals surface area contributed by atoms with Crippen molar-refractivity contribution >= 4 is 23.3 Å². The second-order valence-corrected chi connectivity index (χ2v) is 6.19. The van der Waals surface area contributed by atoms with Gasteiger partial charge < -0.3 is 15.0 Å². The summed E-state index contributed by atoms with van der Waals surface area (Å²) in [6.45, 7) is 2.58. The third-order valence-corrected chi connectivity index (χ3v) is 4.43. The minimum atomic E-state index is -0.373. The molecule has 0 spiro atoms. The largest absolute Gasteiger partial charge is 0.465 e. The van der Waals surface area contributed by atoms with Gasteiger partial charge >= 0.3 is 5.97 Å². The zero-order valence-corrected chi connectivity index (χ0v) is 14.5. The van der Waals surface area contributed by atoms with Crippen molar-refractivity contribution in [3.05, 3.63) is 59.7 Å². The SMILES string of the molecule is COC(=O)c1cccc(NCCC(=O)N2c3ccccc3CC2C)c1. The number of rotatable bonds is 5. The van der Waals surface area contributed by atoms with Crippen molar-refractivity contribution in [3.8, 4) is 0 Å². The molecule has 1 atom stereocenters. The molecule has 0 aromatic heterocycles. The van der Waals surface area contributed by atoms with E-state index in [1.165, 1.54) is 12.7 Å². The maximum Gasteiger partial charge on any atom is 0.337 e. The molecule has 0 radical (unpaired) electrons. The molecule has 1 amide bonds.